The van der Waals surface area contributed by atoms with Crippen molar-refractivity contribution in [2.75, 3.05) is 0 Å². The summed E-state index contributed by atoms with van der Waals surface area (Å²) in [6, 6.07) is 0. The third-order valence-electron chi connectivity index (χ3n) is 0.707. The van der Waals surface area contributed by atoms with E-state index in [0.717, 1.165) is 0 Å². The SMILES string of the molecule is CCCCC.[CH3]. The van der Waals surface area contributed by atoms with Gasteiger partial charge in [0.25, 0.3) is 0 Å². The summed E-state index contributed by atoms with van der Waals surface area (Å²) in [5.74, 6) is 0. The van der Waals surface area contributed by atoms with Crippen LogP contribution in [0.4, 0.5) is 0 Å². The van der Waals surface area contributed by atoms with Crippen LogP contribution in [-0.2, 0) is 0 Å². The first kappa shape index (κ1) is 9.38. The van der Waals surface area contributed by atoms with Gasteiger partial charge < -0.3 is 0 Å². The third kappa shape index (κ3) is 9.00. The van der Waals surface area contributed by atoms with Crippen LogP contribution in [0.25, 0.3) is 0 Å². The van der Waals surface area contributed by atoms with E-state index < -0.39 is 0 Å². The summed E-state index contributed by atoms with van der Waals surface area (Å²) in [4.78, 5) is 0. The quantitative estimate of drug-likeness (QED) is 0.485. The van der Waals surface area contributed by atoms with Gasteiger partial charge in [-0.2, -0.15) is 0 Å². The van der Waals surface area contributed by atoms with Crippen LogP contribution in [0.5, 0.6) is 0 Å². The van der Waals surface area contributed by atoms with E-state index in [4.69, 9.17) is 0 Å². The maximum Gasteiger partial charge on any atom is -0.0538 e. The lowest BCUT2D eigenvalue weighted by Gasteiger charge is -1.79. The molecular formula is C6H15. The Morgan fingerprint density at radius 1 is 1.00 bits per heavy atom. The van der Waals surface area contributed by atoms with E-state index in [1.807, 2.05) is 0 Å². The highest BCUT2D eigenvalue weighted by Crippen LogP contribution is 1.88. The van der Waals surface area contributed by atoms with Crippen LogP contribution in [0.2, 0.25) is 0 Å². The second-order valence-electron chi connectivity index (χ2n) is 1.35. The molecule has 0 aliphatic rings. The third-order valence-corrected chi connectivity index (χ3v) is 0.707. The molecule has 0 N–H and O–H groups in total. The summed E-state index contributed by atoms with van der Waals surface area (Å²) in [6.07, 6.45) is 4.08. The molecule has 0 aromatic heterocycles. The lowest BCUT2D eigenvalue weighted by Crippen LogP contribution is -1.59. The zero-order chi connectivity index (χ0) is 4.12. The van der Waals surface area contributed by atoms with Gasteiger partial charge in [-0.1, -0.05) is 40.5 Å². The predicted octanol–water partition coefficient (Wildman–Crippen LogP) is 2.65. The van der Waals surface area contributed by atoms with E-state index >= 15 is 0 Å². The van der Waals surface area contributed by atoms with Crippen molar-refractivity contribution in [3.63, 3.8) is 0 Å². The average Bonchev–Trinajstić information content (AvgIpc) is 1.41. The van der Waals surface area contributed by atoms with Crippen molar-refractivity contribution < 1.29 is 0 Å². The van der Waals surface area contributed by atoms with E-state index in [0.29, 0.717) is 0 Å². The fourth-order valence-electron chi connectivity index (χ4n) is 0.354. The van der Waals surface area contributed by atoms with Gasteiger partial charge in [-0.3, -0.25) is 0 Å². The predicted molar refractivity (Wildman–Crippen MR) is 31.6 cm³/mol. The maximum absolute atomic E-state index is 2.21. The standard InChI is InChI=1S/C5H12.CH3/c1-3-5-4-2;/h3-5H2,1-2H3;1H3. The minimum absolute atomic E-state index is 0. The van der Waals surface area contributed by atoms with Crippen LogP contribution >= 0.6 is 0 Å². The Hall–Kier alpha value is 0. The van der Waals surface area contributed by atoms with Gasteiger partial charge in [0.05, 0.1) is 0 Å². The molecule has 0 aromatic rings. The molecular weight excluding hydrogens is 72.1 g/mol. The number of rotatable bonds is 2. The van der Waals surface area contributed by atoms with E-state index in [1.165, 1.54) is 19.3 Å². The zero-order valence-electron chi connectivity index (χ0n) is 5.12. The van der Waals surface area contributed by atoms with Crippen LogP contribution in [0, 0.1) is 7.43 Å². The smallest absolute Gasteiger partial charge is 0.0538 e. The van der Waals surface area contributed by atoms with E-state index in [-0.39, 0.29) is 7.43 Å². The van der Waals surface area contributed by atoms with Gasteiger partial charge in [0.15, 0.2) is 0 Å². The van der Waals surface area contributed by atoms with Crippen molar-refractivity contribution in [1.82, 2.24) is 0 Å². The number of unbranched alkanes of at least 4 members (excludes halogenated alkanes) is 2. The minimum atomic E-state index is 0. The second-order valence-corrected chi connectivity index (χ2v) is 1.35. The molecule has 0 heteroatoms. The first-order chi connectivity index (χ1) is 2.41. The largest absolute Gasteiger partial charge is 0.0683 e. The van der Waals surface area contributed by atoms with Crippen molar-refractivity contribution in [1.29, 1.82) is 0 Å². The van der Waals surface area contributed by atoms with E-state index in [2.05, 4.69) is 13.8 Å². The average molecular weight is 87.2 g/mol. The van der Waals surface area contributed by atoms with E-state index in [1.54, 1.807) is 0 Å². The molecule has 0 spiro atoms. The molecule has 0 nitrogen and oxygen atoms in total. The summed E-state index contributed by atoms with van der Waals surface area (Å²) in [6.45, 7) is 4.42. The first-order valence-electron chi connectivity index (χ1n) is 2.41. The molecule has 0 rings (SSSR count). The first-order valence-corrected chi connectivity index (χ1v) is 2.41. The lowest BCUT2D eigenvalue weighted by molar-refractivity contribution is 0.772. The molecule has 0 aromatic carbocycles. The van der Waals surface area contributed by atoms with Crippen molar-refractivity contribution in [2.45, 2.75) is 33.1 Å². The Kier molecular flexibility index (Phi) is 13.9. The molecule has 0 saturated carbocycles. The van der Waals surface area contributed by atoms with Gasteiger partial charge in [0.1, 0.15) is 0 Å². The van der Waals surface area contributed by atoms with E-state index in [9.17, 15) is 0 Å². The molecule has 0 aliphatic carbocycles. The van der Waals surface area contributed by atoms with Gasteiger partial charge in [0, 0.05) is 0 Å². The van der Waals surface area contributed by atoms with Crippen LogP contribution in [-0.4, -0.2) is 0 Å². The maximum atomic E-state index is 2.21. The number of hydrogen-bond acceptors (Lipinski definition) is 0. The summed E-state index contributed by atoms with van der Waals surface area (Å²) in [7, 11) is 0. The van der Waals surface area contributed by atoms with Crippen molar-refractivity contribution in [3.05, 3.63) is 7.43 Å². The Balaban J connectivity index is 0. The van der Waals surface area contributed by atoms with Crippen LogP contribution in [0.15, 0.2) is 0 Å². The number of hydrogen-bond donors (Lipinski definition) is 0. The van der Waals surface area contributed by atoms with Crippen LogP contribution in [0.3, 0.4) is 0 Å². The van der Waals surface area contributed by atoms with Gasteiger partial charge in [-0.25, -0.2) is 0 Å². The summed E-state index contributed by atoms with van der Waals surface area (Å²) >= 11 is 0. The Morgan fingerprint density at radius 3 is 1.33 bits per heavy atom. The van der Waals surface area contributed by atoms with Gasteiger partial charge in [-0.05, 0) is 0 Å². The summed E-state index contributed by atoms with van der Waals surface area (Å²) in [5.41, 5.74) is 0. The fourth-order valence-corrected chi connectivity index (χ4v) is 0.354. The summed E-state index contributed by atoms with van der Waals surface area (Å²) in [5, 5.41) is 0. The van der Waals surface area contributed by atoms with Crippen LogP contribution in [0.1, 0.15) is 33.1 Å². The normalized spacial score (nSPS) is 7.00. The van der Waals surface area contributed by atoms with Gasteiger partial charge in [-0.15, -0.1) is 0 Å². The van der Waals surface area contributed by atoms with Crippen LogP contribution < -0.4 is 0 Å². The second kappa shape index (κ2) is 8.89. The molecule has 0 amide bonds. The van der Waals surface area contributed by atoms with Gasteiger partial charge >= 0.3 is 0 Å². The Morgan fingerprint density at radius 2 is 1.33 bits per heavy atom. The fraction of sp³-hybridized carbons (Fsp3) is 0.833. The van der Waals surface area contributed by atoms with Crippen molar-refractivity contribution in [3.8, 4) is 0 Å². The minimum Gasteiger partial charge on any atom is -0.0683 e. The molecule has 0 fully saturated rings. The molecule has 6 heavy (non-hydrogen) atoms. The summed E-state index contributed by atoms with van der Waals surface area (Å²) < 4.78 is 0. The highest BCUT2D eigenvalue weighted by Gasteiger charge is 1.68. The van der Waals surface area contributed by atoms with Gasteiger partial charge in [0.2, 0.25) is 0 Å². The van der Waals surface area contributed by atoms with Crippen molar-refractivity contribution >= 4 is 0 Å². The highest BCUT2D eigenvalue weighted by molar-refractivity contribution is 4.24. The monoisotopic (exact) mass is 87.1 g/mol. The topological polar surface area (TPSA) is 0 Å². The lowest BCUT2D eigenvalue weighted by atomic mass is 10.3. The molecule has 0 aliphatic heterocycles. The Labute approximate surface area is 41.6 Å². The highest BCUT2D eigenvalue weighted by atomic mass is 13.7. The zero-order valence-corrected chi connectivity index (χ0v) is 5.12. The molecule has 1 radical (unpaired) electrons. The molecule has 0 bridgehead atoms. The molecule has 0 heterocycles. The molecule has 39 valence electrons. The molecule has 0 saturated heterocycles. The molecule has 0 atom stereocenters. The Bertz CT molecular complexity index is 7.51. The molecule has 0 unspecified atom stereocenters. The van der Waals surface area contributed by atoms with Crippen molar-refractivity contribution in [2.24, 2.45) is 0 Å².